The summed E-state index contributed by atoms with van der Waals surface area (Å²) < 4.78 is 13.5. The lowest BCUT2D eigenvalue weighted by atomic mass is 9.88. The minimum absolute atomic E-state index is 0.0937. The van der Waals surface area contributed by atoms with Gasteiger partial charge >= 0.3 is 6.03 Å². The molecule has 0 bridgehead atoms. The van der Waals surface area contributed by atoms with E-state index < -0.39 is 18.2 Å². The zero-order chi connectivity index (χ0) is 33.5. The van der Waals surface area contributed by atoms with Crippen molar-refractivity contribution in [3.8, 4) is 5.75 Å². The largest absolute Gasteiger partial charge is 0.508 e. The summed E-state index contributed by atoms with van der Waals surface area (Å²) >= 11 is 0. The minimum atomic E-state index is -0.888. The Kier molecular flexibility index (Phi) is 10.5. The number of carbonyl (C=O) groups excluding carboxylic acids is 3. The SMILES string of the molecule is C=C/C=C\C(=C/C)C(CN1C[C@H]2N(C(=O)CN(C)N2C(=O)NCc2ccc(F)cc2)[C@@H](Cc2ccc(O)cc2)C1=O)c1ccccc1. The van der Waals surface area contributed by atoms with Crippen LogP contribution in [0.5, 0.6) is 5.75 Å². The molecule has 47 heavy (non-hydrogen) atoms. The van der Waals surface area contributed by atoms with Crippen LogP contribution in [-0.2, 0) is 22.6 Å². The van der Waals surface area contributed by atoms with Crippen molar-refractivity contribution in [3.05, 3.63) is 138 Å². The first-order valence-corrected chi connectivity index (χ1v) is 15.6. The fourth-order valence-corrected chi connectivity index (χ4v) is 6.29. The van der Waals surface area contributed by atoms with Crippen LogP contribution in [0.3, 0.4) is 0 Å². The number of urea groups is 1. The molecule has 5 rings (SSSR count). The van der Waals surface area contributed by atoms with Crippen LogP contribution in [0, 0.1) is 5.82 Å². The van der Waals surface area contributed by atoms with Crippen molar-refractivity contribution in [2.45, 2.75) is 38.0 Å². The van der Waals surface area contributed by atoms with Crippen LogP contribution in [0.4, 0.5) is 9.18 Å². The molecule has 2 aliphatic heterocycles. The molecule has 0 aromatic heterocycles. The molecule has 9 nitrogen and oxygen atoms in total. The van der Waals surface area contributed by atoms with E-state index in [1.165, 1.54) is 22.0 Å². The first kappa shape index (κ1) is 33.2. The van der Waals surface area contributed by atoms with Crippen LogP contribution in [0.25, 0.3) is 0 Å². The zero-order valence-electron chi connectivity index (χ0n) is 26.6. The van der Waals surface area contributed by atoms with Gasteiger partial charge in [0.2, 0.25) is 11.8 Å². The summed E-state index contributed by atoms with van der Waals surface area (Å²) in [5, 5.41) is 15.9. The number of piperazine rings is 1. The molecule has 2 fully saturated rings. The van der Waals surface area contributed by atoms with Crippen molar-refractivity contribution in [1.82, 2.24) is 25.1 Å². The van der Waals surface area contributed by atoms with E-state index in [0.717, 1.165) is 22.3 Å². The van der Waals surface area contributed by atoms with Crippen LogP contribution in [0.1, 0.15) is 29.5 Å². The van der Waals surface area contributed by atoms with Gasteiger partial charge in [-0.2, -0.15) is 0 Å². The number of halogens is 1. The predicted octanol–water partition coefficient (Wildman–Crippen LogP) is 4.98. The van der Waals surface area contributed by atoms with Gasteiger partial charge in [0.05, 0.1) is 13.1 Å². The molecule has 2 saturated heterocycles. The second kappa shape index (κ2) is 14.9. The number of benzene rings is 3. The lowest BCUT2D eigenvalue weighted by molar-refractivity contribution is -0.187. The number of hydrogen-bond acceptors (Lipinski definition) is 5. The third-order valence-corrected chi connectivity index (χ3v) is 8.64. The van der Waals surface area contributed by atoms with E-state index in [-0.39, 0.29) is 55.4 Å². The molecule has 2 N–H and O–H groups in total. The van der Waals surface area contributed by atoms with Crippen molar-refractivity contribution in [3.63, 3.8) is 0 Å². The first-order chi connectivity index (χ1) is 22.7. The van der Waals surface area contributed by atoms with Crippen LogP contribution >= 0.6 is 0 Å². The summed E-state index contributed by atoms with van der Waals surface area (Å²) in [7, 11) is 1.67. The van der Waals surface area contributed by atoms with Crippen molar-refractivity contribution >= 4 is 17.8 Å². The molecule has 3 aromatic rings. The molecule has 10 heteroatoms. The van der Waals surface area contributed by atoms with Crippen LogP contribution in [0.15, 0.2) is 115 Å². The van der Waals surface area contributed by atoms with Gasteiger partial charge in [-0.25, -0.2) is 19.2 Å². The molecule has 2 aliphatic rings. The fourth-order valence-electron chi connectivity index (χ4n) is 6.29. The Labute approximate surface area is 274 Å². The Balaban J connectivity index is 1.51. The molecule has 3 atom stereocenters. The molecule has 1 unspecified atom stereocenters. The number of phenolic OH excluding ortho intramolecular Hbond substituents is 1. The number of hydrogen-bond donors (Lipinski definition) is 2. The first-order valence-electron chi connectivity index (χ1n) is 15.6. The summed E-state index contributed by atoms with van der Waals surface area (Å²) in [6.07, 6.45) is 6.97. The Hall–Kier alpha value is -5.22. The Morgan fingerprint density at radius 2 is 1.72 bits per heavy atom. The number of nitrogens with zero attached hydrogens (tertiary/aromatic N) is 4. The lowest BCUT2D eigenvalue weighted by Crippen LogP contribution is -2.76. The number of likely N-dealkylation sites (N-methyl/N-ethyl adjacent to an activating group) is 1. The predicted molar refractivity (Wildman–Crippen MR) is 178 cm³/mol. The van der Waals surface area contributed by atoms with Gasteiger partial charge < -0.3 is 20.2 Å². The number of allylic oxidation sites excluding steroid dienone is 4. The average Bonchev–Trinajstić information content (AvgIpc) is 3.07. The normalized spacial score (nSPS) is 19.6. The number of phenols is 1. The van der Waals surface area contributed by atoms with E-state index in [9.17, 15) is 23.9 Å². The topological polar surface area (TPSA) is 96.4 Å². The van der Waals surface area contributed by atoms with E-state index in [1.54, 1.807) is 59.4 Å². The van der Waals surface area contributed by atoms with Gasteiger partial charge in [-0.15, -0.1) is 0 Å². The smallest absolute Gasteiger partial charge is 0.334 e. The van der Waals surface area contributed by atoms with Crippen LogP contribution < -0.4 is 5.32 Å². The average molecular weight is 638 g/mol. The molecule has 0 aliphatic carbocycles. The molecule has 0 saturated carbocycles. The van der Waals surface area contributed by atoms with Gasteiger partial charge in [0, 0.05) is 32.5 Å². The maximum atomic E-state index is 14.5. The molecule has 244 valence electrons. The summed E-state index contributed by atoms with van der Waals surface area (Å²) in [5.41, 5.74) is 3.50. The number of carbonyl (C=O) groups is 3. The van der Waals surface area contributed by atoms with E-state index >= 15 is 0 Å². The Morgan fingerprint density at radius 1 is 1.04 bits per heavy atom. The van der Waals surface area contributed by atoms with Gasteiger partial charge in [0.25, 0.3) is 0 Å². The summed E-state index contributed by atoms with van der Waals surface area (Å²) in [5.74, 6) is -0.950. The van der Waals surface area contributed by atoms with E-state index in [0.29, 0.717) is 6.54 Å². The highest BCUT2D eigenvalue weighted by Crippen LogP contribution is 2.32. The highest BCUT2D eigenvalue weighted by molar-refractivity contribution is 5.91. The summed E-state index contributed by atoms with van der Waals surface area (Å²) in [4.78, 5) is 45.3. The molecule has 4 amide bonds. The third-order valence-electron chi connectivity index (χ3n) is 8.64. The van der Waals surface area contributed by atoms with Crippen molar-refractivity contribution in [1.29, 1.82) is 0 Å². The summed E-state index contributed by atoms with van der Waals surface area (Å²) in [6, 6.07) is 21.0. The maximum Gasteiger partial charge on any atom is 0.334 e. The molecule has 2 heterocycles. The summed E-state index contributed by atoms with van der Waals surface area (Å²) in [6.45, 7) is 6.22. The Morgan fingerprint density at radius 3 is 2.38 bits per heavy atom. The molecular weight excluding hydrogens is 597 g/mol. The Bertz CT molecular complexity index is 1640. The number of fused-ring (bicyclic) bond motifs is 1. The maximum absolute atomic E-state index is 14.5. The molecule has 0 spiro atoms. The zero-order valence-corrected chi connectivity index (χ0v) is 26.6. The molecular formula is C37H40FN5O4. The monoisotopic (exact) mass is 637 g/mol. The minimum Gasteiger partial charge on any atom is -0.508 e. The van der Waals surface area contributed by atoms with Crippen molar-refractivity contribution in [2.75, 3.05) is 26.7 Å². The third kappa shape index (κ3) is 7.61. The highest BCUT2D eigenvalue weighted by atomic mass is 19.1. The number of rotatable bonds is 10. The van der Waals surface area contributed by atoms with E-state index in [2.05, 4.69) is 11.9 Å². The second-order valence-corrected chi connectivity index (χ2v) is 11.7. The van der Waals surface area contributed by atoms with Gasteiger partial charge in [-0.3, -0.25) is 9.59 Å². The van der Waals surface area contributed by atoms with Gasteiger partial charge in [-0.05, 0) is 53.5 Å². The van der Waals surface area contributed by atoms with E-state index in [1.807, 2.05) is 55.5 Å². The van der Waals surface area contributed by atoms with E-state index in [4.69, 9.17) is 0 Å². The quantitative estimate of drug-likeness (QED) is 0.306. The van der Waals surface area contributed by atoms with Crippen LogP contribution in [0.2, 0.25) is 0 Å². The standard InChI is InChI=1S/C37H40FN5O4/c1-4-6-10-28(5-2)32(29-11-8-7-9-12-29)23-41-24-34-42(33(36(41)46)21-26-15-19-31(44)20-16-26)35(45)25-40(3)43(34)37(47)39-22-27-13-17-30(38)18-14-27/h4-20,32-34,44H,1,21-25H2,2-3H3,(H,39,47)/b10-6-,28-5+/t32?,33-,34-/m0/s1. The van der Waals surface area contributed by atoms with Crippen LogP contribution in [-0.4, -0.2) is 81.7 Å². The fraction of sp³-hybridized carbons (Fsp3) is 0.270. The van der Waals surface area contributed by atoms with Crippen molar-refractivity contribution in [2.24, 2.45) is 0 Å². The molecule has 3 aromatic carbocycles. The van der Waals surface area contributed by atoms with Gasteiger partial charge in [-0.1, -0.05) is 85.5 Å². The van der Waals surface area contributed by atoms with Gasteiger partial charge in [0.1, 0.15) is 23.8 Å². The molecule has 0 radical (unpaired) electrons. The van der Waals surface area contributed by atoms with Gasteiger partial charge in [0.15, 0.2) is 0 Å². The van der Waals surface area contributed by atoms with Crippen molar-refractivity contribution < 1.29 is 23.9 Å². The number of nitrogens with one attached hydrogen (secondary N) is 1. The number of hydrazine groups is 1. The number of amides is 4. The lowest BCUT2D eigenvalue weighted by Gasteiger charge is -2.54. The second-order valence-electron chi connectivity index (χ2n) is 11.7. The number of aromatic hydroxyl groups is 1. The highest BCUT2D eigenvalue weighted by Gasteiger charge is 2.51.